The molecule has 106 valence electrons. The largest absolute Gasteiger partial charge is 0.332 e. The van der Waals surface area contributed by atoms with Gasteiger partial charge in [-0.2, -0.15) is 5.10 Å². The molecule has 0 spiro atoms. The van der Waals surface area contributed by atoms with Crippen LogP contribution in [0.2, 0.25) is 0 Å². The van der Waals surface area contributed by atoms with Crippen LogP contribution in [0.4, 0.5) is 0 Å². The van der Waals surface area contributed by atoms with E-state index in [1.165, 1.54) is 0 Å². The van der Waals surface area contributed by atoms with Gasteiger partial charge >= 0.3 is 0 Å². The van der Waals surface area contributed by atoms with Gasteiger partial charge in [-0.15, -0.1) is 0 Å². The number of amides is 1. The summed E-state index contributed by atoms with van der Waals surface area (Å²) < 4.78 is 1.67. The van der Waals surface area contributed by atoms with E-state index < -0.39 is 0 Å². The zero-order valence-corrected chi connectivity index (χ0v) is 11.6. The van der Waals surface area contributed by atoms with Crippen LogP contribution in [0.15, 0.2) is 24.8 Å². The number of rotatable bonds is 2. The molecule has 1 aliphatic heterocycles. The van der Waals surface area contributed by atoms with Gasteiger partial charge in [0.1, 0.15) is 0 Å². The van der Waals surface area contributed by atoms with Gasteiger partial charge in [0.25, 0.3) is 5.91 Å². The van der Waals surface area contributed by atoms with Crippen LogP contribution in [0.3, 0.4) is 0 Å². The van der Waals surface area contributed by atoms with E-state index in [2.05, 4.69) is 17.0 Å². The molecule has 3 rings (SSSR count). The standard InChI is InChI=1S/C14H19N5O/c1-10-3-2-4-11(7-15)19(10)14(20)12-8-17-18-6-5-16-9-13(12)18/h5-6,8-11H,2-4,7,15H2,1H3. The van der Waals surface area contributed by atoms with Crippen LogP contribution in [0.25, 0.3) is 5.52 Å². The van der Waals surface area contributed by atoms with Gasteiger partial charge in [-0.3, -0.25) is 9.78 Å². The Kier molecular flexibility index (Phi) is 3.40. The van der Waals surface area contributed by atoms with Crippen molar-refractivity contribution in [1.29, 1.82) is 0 Å². The number of piperidine rings is 1. The van der Waals surface area contributed by atoms with Gasteiger partial charge in [0.2, 0.25) is 0 Å². The highest BCUT2D eigenvalue weighted by molar-refractivity contribution is 6.00. The van der Waals surface area contributed by atoms with Crippen LogP contribution in [-0.2, 0) is 0 Å². The summed E-state index contributed by atoms with van der Waals surface area (Å²) >= 11 is 0. The SMILES string of the molecule is CC1CCCC(CN)N1C(=O)c1cnn2ccncc12. The minimum atomic E-state index is 0.00986. The molecule has 2 aromatic rings. The third-order valence-electron chi connectivity index (χ3n) is 4.09. The van der Waals surface area contributed by atoms with E-state index in [-0.39, 0.29) is 18.0 Å². The van der Waals surface area contributed by atoms with Gasteiger partial charge in [-0.1, -0.05) is 0 Å². The van der Waals surface area contributed by atoms with Crippen molar-refractivity contribution in [1.82, 2.24) is 19.5 Å². The van der Waals surface area contributed by atoms with E-state index in [0.29, 0.717) is 12.1 Å². The average molecular weight is 273 g/mol. The topological polar surface area (TPSA) is 76.5 Å². The molecule has 0 bridgehead atoms. The van der Waals surface area contributed by atoms with Crippen molar-refractivity contribution in [2.24, 2.45) is 5.73 Å². The van der Waals surface area contributed by atoms with E-state index >= 15 is 0 Å². The Morgan fingerprint density at radius 3 is 3.10 bits per heavy atom. The highest BCUT2D eigenvalue weighted by Gasteiger charge is 2.32. The Bertz CT molecular complexity index is 623. The molecule has 0 saturated carbocycles. The fourth-order valence-corrected chi connectivity index (χ4v) is 3.02. The minimum absolute atomic E-state index is 0.00986. The van der Waals surface area contributed by atoms with Crippen LogP contribution in [0.5, 0.6) is 0 Å². The van der Waals surface area contributed by atoms with Crippen molar-refractivity contribution < 1.29 is 4.79 Å². The maximum Gasteiger partial charge on any atom is 0.258 e. The number of nitrogens with two attached hydrogens (primary N) is 1. The van der Waals surface area contributed by atoms with Gasteiger partial charge in [0.15, 0.2) is 0 Å². The lowest BCUT2D eigenvalue weighted by Gasteiger charge is -2.40. The quantitative estimate of drug-likeness (QED) is 0.888. The number of nitrogens with zero attached hydrogens (tertiary/aromatic N) is 4. The Morgan fingerprint density at radius 1 is 1.45 bits per heavy atom. The average Bonchev–Trinajstić information content (AvgIpc) is 2.90. The second-order valence-electron chi connectivity index (χ2n) is 5.35. The van der Waals surface area contributed by atoms with Crippen molar-refractivity contribution >= 4 is 11.4 Å². The molecule has 1 saturated heterocycles. The number of hydrogen-bond donors (Lipinski definition) is 1. The summed E-state index contributed by atoms with van der Waals surface area (Å²) in [6.45, 7) is 2.59. The Hall–Kier alpha value is -1.95. The summed E-state index contributed by atoms with van der Waals surface area (Å²) in [6, 6.07) is 0.342. The second-order valence-corrected chi connectivity index (χ2v) is 5.35. The van der Waals surface area contributed by atoms with Gasteiger partial charge in [-0.05, 0) is 26.2 Å². The molecular weight excluding hydrogens is 254 g/mol. The van der Waals surface area contributed by atoms with Crippen LogP contribution in [0, 0.1) is 0 Å². The van der Waals surface area contributed by atoms with Crippen LogP contribution >= 0.6 is 0 Å². The maximum absolute atomic E-state index is 12.8. The van der Waals surface area contributed by atoms with Gasteiger partial charge in [0.05, 0.1) is 23.5 Å². The van der Waals surface area contributed by atoms with Crippen molar-refractivity contribution in [3.63, 3.8) is 0 Å². The lowest BCUT2D eigenvalue weighted by molar-refractivity contribution is 0.0496. The molecular formula is C14H19N5O. The van der Waals surface area contributed by atoms with Crippen LogP contribution in [0.1, 0.15) is 36.5 Å². The molecule has 3 heterocycles. The fraction of sp³-hybridized carbons (Fsp3) is 0.500. The highest BCUT2D eigenvalue weighted by atomic mass is 16.2. The van der Waals surface area contributed by atoms with E-state index in [9.17, 15) is 4.79 Å². The van der Waals surface area contributed by atoms with Crippen molar-refractivity contribution in [2.75, 3.05) is 6.54 Å². The number of hydrogen-bond acceptors (Lipinski definition) is 4. The zero-order chi connectivity index (χ0) is 14.1. The fourth-order valence-electron chi connectivity index (χ4n) is 3.02. The third-order valence-corrected chi connectivity index (χ3v) is 4.09. The van der Waals surface area contributed by atoms with Crippen LogP contribution in [-0.4, -0.2) is 44.0 Å². The Labute approximate surface area is 117 Å². The zero-order valence-electron chi connectivity index (χ0n) is 11.6. The first kappa shape index (κ1) is 13.1. The van der Waals surface area contributed by atoms with Crippen molar-refractivity contribution in [3.05, 3.63) is 30.4 Å². The first-order valence-corrected chi connectivity index (χ1v) is 7.02. The molecule has 6 nitrogen and oxygen atoms in total. The predicted molar refractivity (Wildman–Crippen MR) is 75.3 cm³/mol. The van der Waals surface area contributed by atoms with Crippen molar-refractivity contribution in [3.8, 4) is 0 Å². The lowest BCUT2D eigenvalue weighted by Crippen LogP contribution is -2.51. The molecule has 2 aromatic heterocycles. The van der Waals surface area contributed by atoms with Gasteiger partial charge < -0.3 is 10.6 Å². The third kappa shape index (κ3) is 2.06. The summed E-state index contributed by atoms with van der Waals surface area (Å²) in [5.41, 5.74) is 7.18. The second kappa shape index (κ2) is 5.20. The Balaban J connectivity index is 1.98. The highest BCUT2D eigenvalue weighted by Crippen LogP contribution is 2.25. The maximum atomic E-state index is 12.8. The Morgan fingerprint density at radius 2 is 2.30 bits per heavy atom. The molecule has 2 N–H and O–H groups in total. The van der Waals surface area contributed by atoms with E-state index in [4.69, 9.17) is 5.73 Å². The molecule has 20 heavy (non-hydrogen) atoms. The molecule has 1 amide bonds. The molecule has 2 unspecified atom stereocenters. The van der Waals surface area contributed by atoms with Gasteiger partial charge in [-0.25, -0.2) is 4.52 Å². The normalized spacial score (nSPS) is 23.2. The summed E-state index contributed by atoms with van der Waals surface area (Å²) in [4.78, 5) is 18.8. The molecule has 0 aromatic carbocycles. The summed E-state index contributed by atoms with van der Waals surface area (Å²) in [7, 11) is 0. The first-order valence-electron chi connectivity index (χ1n) is 7.02. The molecule has 6 heteroatoms. The summed E-state index contributed by atoms with van der Waals surface area (Å²) in [5.74, 6) is 0.00986. The summed E-state index contributed by atoms with van der Waals surface area (Å²) in [5, 5.41) is 4.21. The van der Waals surface area contributed by atoms with Gasteiger partial charge in [0, 0.05) is 31.0 Å². The van der Waals surface area contributed by atoms with E-state index in [1.807, 2.05) is 4.90 Å². The number of likely N-dealkylation sites (tertiary alicyclic amines) is 1. The molecule has 0 aliphatic carbocycles. The van der Waals surface area contributed by atoms with E-state index in [1.54, 1.807) is 29.3 Å². The first-order chi connectivity index (χ1) is 9.72. The number of carbonyl (C=O) groups excluding carboxylic acids is 1. The monoisotopic (exact) mass is 273 g/mol. The minimum Gasteiger partial charge on any atom is -0.332 e. The molecule has 1 fully saturated rings. The summed E-state index contributed by atoms with van der Waals surface area (Å²) in [6.07, 6.45) is 9.82. The lowest BCUT2D eigenvalue weighted by atomic mass is 9.95. The number of aromatic nitrogens is 3. The molecule has 0 radical (unpaired) electrons. The van der Waals surface area contributed by atoms with Crippen molar-refractivity contribution in [2.45, 2.75) is 38.3 Å². The molecule has 2 atom stereocenters. The van der Waals surface area contributed by atoms with Crippen LogP contribution < -0.4 is 5.73 Å². The number of carbonyl (C=O) groups is 1. The molecule has 1 aliphatic rings. The smallest absolute Gasteiger partial charge is 0.258 e. The van der Waals surface area contributed by atoms with E-state index in [0.717, 1.165) is 24.8 Å². The predicted octanol–water partition coefficient (Wildman–Crippen LogP) is 1.07. The number of fused-ring (bicyclic) bond motifs is 1.